The van der Waals surface area contributed by atoms with Crippen LogP contribution in [0.5, 0.6) is 0 Å². The summed E-state index contributed by atoms with van der Waals surface area (Å²) in [5.74, 6) is -2.76. The predicted molar refractivity (Wildman–Crippen MR) is 51.1 cm³/mol. The Bertz CT molecular complexity index is 242. The minimum atomic E-state index is -5.08. The van der Waals surface area contributed by atoms with Gasteiger partial charge in [-0.25, -0.2) is 4.79 Å². The first-order chi connectivity index (χ1) is 7.32. The number of fused-ring (bicyclic) bond motifs is 2. The topological polar surface area (TPSA) is 52.6 Å². The van der Waals surface area contributed by atoms with E-state index < -0.39 is 12.1 Å². The number of nitrogens with zero attached hydrogens (tertiary/aromatic N) is 1. The van der Waals surface area contributed by atoms with Crippen LogP contribution in [0.25, 0.3) is 0 Å². The van der Waals surface area contributed by atoms with Crippen molar-refractivity contribution >= 4 is 5.97 Å². The van der Waals surface area contributed by atoms with Crippen LogP contribution in [0, 0.1) is 0 Å². The summed E-state index contributed by atoms with van der Waals surface area (Å²) in [4.78, 5) is 11.4. The lowest BCUT2D eigenvalue weighted by molar-refractivity contribution is -0.192. The van der Waals surface area contributed by atoms with E-state index in [1.165, 1.54) is 25.9 Å². The van der Waals surface area contributed by atoms with Crippen molar-refractivity contribution in [1.29, 1.82) is 0 Å². The molecule has 2 aliphatic rings. The van der Waals surface area contributed by atoms with Crippen LogP contribution in [0.1, 0.15) is 12.8 Å². The predicted octanol–water partition coefficient (Wildman–Crippen LogP) is 0.686. The molecule has 2 heterocycles. The van der Waals surface area contributed by atoms with Gasteiger partial charge >= 0.3 is 12.1 Å². The van der Waals surface area contributed by atoms with Gasteiger partial charge in [0.25, 0.3) is 0 Å². The molecule has 0 aromatic rings. The van der Waals surface area contributed by atoms with Crippen molar-refractivity contribution in [2.75, 3.05) is 20.1 Å². The summed E-state index contributed by atoms with van der Waals surface area (Å²) in [5, 5.41) is 10.6. The number of alkyl halides is 3. The SMILES string of the molecule is CN1C2CCC1CNC2.O=C(O)C(F)(F)F. The van der Waals surface area contributed by atoms with Gasteiger partial charge in [-0.15, -0.1) is 0 Å². The summed E-state index contributed by atoms with van der Waals surface area (Å²) < 4.78 is 31.7. The summed E-state index contributed by atoms with van der Waals surface area (Å²) >= 11 is 0. The number of aliphatic carboxylic acids is 1. The van der Waals surface area contributed by atoms with Gasteiger partial charge in [0.2, 0.25) is 0 Å². The molecule has 2 saturated heterocycles. The van der Waals surface area contributed by atoms with E-state index in [0.717, 1.165) is 12.1 Å². The van der Waals surface area contributed by atoms with Crippen LogP contribution in [-0.4, -0.2) is 54.4 Å². The third-order valence-corrected chi connectivity index (χ3v) is 2.99. The van der Waals surface area contributed by atoms with Crippen molar-refractivity contribution in [3.8, 4) is 0 Å². The molecule has 2 N–H and O–H groups in total. The molecule has 0 aromatic heterocycles. The molecular weight excluding hydrogens is 225 g/mol. The van der Waals surface area contributed by atoms with Crippen molar-refractivity contribution in [2.24, 2.45) is 0 Å². The van der Waals surface area contributed by atoms with E-state index in [2.05, 4.69) is 17.3 Å². The van der Waals surface area contributed by atoms with Crippen molar-refractivity contribution in [3.05, 3.63) is 0 Å². The van der Waals surface area contributed by atoms with E-state index in [-0.39, 0.29) is 0 Å². The number of hydrogen-bond acceptors (Lipinski definition) is 3. The van der Waals surface area contributed by atoms with E-state index in [1.54, 1.807) is 0 Å². The lowest BCUT2D eigenvalue weighted by atomic mass is 10.2. The summed E-state index contributed by atoms with van der Waals surface area (Å²) in [6.45, 7) is 2.43. The van der Waals surface area contributed by atoms with Crippen LogP contribution >= 0.6 is 0 Å². The Kier molecular flexibility index (Phi) is 4.15. The Balaban J connectivity index is 0.000000168. The van der Waals surface area contributed by atoms with Gasteiger partial charge in [-0.1, -0.05) is 0 Å². The Morgan fingerprint density at radius 2 is 1.69 bits per heavy atom. The number of carboxylic acids is 1. The molecule has 0 aliphatic carbocycles. The summed E-state index contributed by atoms with van der Waals surface area (Å²) in [7, 11) is 2.25. The van der Waals surface area contributed by atoms with E-state index in [4.69, 9.17) is 9.90 Å². The van der Waals surface area contributed by atoms with Gasteiger partial charge in [-0.3, -0.25) is 4.90 Å². The highest BCUT2D eigenvalue weighted by Crippen LogP contribution is 2.23. The maximum atomic E-state index is 10.6. The molecule has 0 spiro atoms. The molecule has 4 nitrogen and oxygen atoms in total. The van der Waals surface area contributed by atoms with Crippen molar-refractivity contribution in [3.63, 3.8) is 0 Å². The summed E-state index contributed by atoms with van der Waals surface area (Å²) in [5.41, 5.74) is 0. The maximum absolute atomic E-state index is 10.6. The number of carbonyl (C=O) groups is 1. The van der Waals surface area contributed by atoms with Gasteiger partial charge in [-0.05, 0) is 19.9 Å². The Labute approximate surface area is 91.4 Å². The standard InChI is InChI=1S/C7H14N2.C2HF3O2/c1-9-6-2-3-7(9)5-8-4-6;3-2(4,5)1(6)7/h6-8H,2-5H2,1H3;(H,6,7). The quantitative estimate of drug-likeness (QED) is 0.654. The number of hydrogen-bond donors (Lipinski definition) is 2. The molecule has 2 atom stereocenters. The molecule has 0 radical (unpaired) electrons. The minimum absolute atomic E-state index is 0.851. The zero-order valence-corrected chi connectivity index (χ0v) is 8.92. The number of nitrogens with one attached hydrogen (secondary N) is 1. The lowest BCUT2D eigenvalue weighted by Gasteiger charge is -2.31. The van der Waals surface area contributed by atoms with Crippen molar-refractivity contribution in [1.82, 2.24) is 10.2 Å². The van der Waals surface area contributed by atoms with Crippen LogP contribution in [0.4, 0.5) is 13.2 Å². The van der Waals surface area contributed by atoms with Gasteiger partial charge in [0, 0.05) is 25.2 Å². The second-order valence-corrected chi connectivity index (χ2v) is 4.01. The number of halogens is 3. The van der Waals surface area contributed by atoms with Crippen LogP contribution in [0.2, 0.25) is 0 Å². The monoisotopic (exact) mass is 240 g/mol. The van der Waals surface area contributed by atoms with E-state index >= 15 is 0 Å². The van der Waals surface area contributed by atoms with Crippen molar-refractivity contribution in [2.45, 2.75) is 31.1 Å². The normalized spacial score (nSPS) is 29.5. The second kappa shape index (κ2) is 5.01. The average molecular weight is 240 g/mol. The number of rotatable bonds is 0. The van der Waals surface area contributed by atoms with Crippen LogP contribution < -0.4 is 5.32 Å². The third kappa shape index (κ3) is 3.34. The van der Waals surface area contributed by atoms with Gasteiger partial charge in [0.15, 0.2) is 0 Å². The molecule has 0 saturated carbocycles. The number of likely N-dealkylation sites (N-methyl/N-ethyl adjacent to an activating group) is 1. The summed E-state index contributed by atoms with van der Waals surface area (Å²) in [6, 6.07) is 1.70. The molecule has 16 heavy (non-hydrogen) atoms. The molecule has 0 amide bonds. The van der Waals surface area contributed by atoms with Gasteiger partial charge in [0.1, 0.15) is 0 Å². The lowest BCUT2D eigenvalue weighted by Crippen LogP contribution is -2.49. The Hall–Kier alpha value is -0.820. The first-order valence-electron chi connectivity index (χ1n) is 5.05. The van der Waals surface area contributed by atoms with Gasteiger partial charge < -0.3 is 10.4 Å². The molecular formula is C9H15F3N2O2. The maximum Gasteiger partial charge on any atom is 0.490 e. The third-order valence-electron chi connectivity index (χ3n) is 2.99. The van der Waals surface area contributed by atoms with Gasteiger partial charge in [-0.2, -0.15) is 13.2 Å². The average Bonchev–Trinajstić information content (AvgIpc) is 2.39. The van der Waals surface area contributed by atoms with E-state index in [9.17, 15) is 13.2 Å². The second-order valence-electron chi connectivity index (χ2n) is 4.01. The molecule has 2 rings (SSSR count). The van der Waals surface area contributed by atoms with Gasteiger partial charge in [0.05, 0.1) is 0 Å². The zero-order chi connectivity index (χ0) is 12.3. The van der Waals surface area contributed by atoms with E-state index in [0.29, 0.717) is 0 Å². The van der Waals surface area contributed by atoms with Crippen LogP contribution in [-0.2, 0) is 4.79 Å². The first kappa shape index (κ1) is 13.2. The fourth-order valence-electron chi connectivity index (χ4n) is 2.00. The smallest absolute Gasteiger partial charge is 0.475 e. The zero-order valence-electron chi connectivity index (χ0n) is 8.92. The number of piperazine rings is 1. The highest BCUT2D eigenvalue weighted by atomic mass is 19.4. The van der Waals surface area contributed by atoms with Crippen LogP contribution in [0.15, 0.2) is 0 Å². The number of carboxylic acid groups (broad SMARTS) is 1. The largest absolute Gasteiger partial charge is 0.490 e. The molecule has 94 valence electrons. The Morgan fingerprint density at radius 3 is 1.94 bits per heavy atom. The molecule has 2 aliphatic heterocycles. The molecule has 0 aromatic carbocycles. The molecule has 7 heteroatoms. The highest BCUT2D eigenvalue weighted by molar-refractivity contribution is 5.73. The molecule has 2 bridgehead atoms. The Morgan fingerprint density at radius 1 is 1.31 bits per heavy atom. The van der Waals surface area contributed by atoms with E-state index in [1.807, 2.05) is 0 Å². The molecule has 2 fully saturated rings. The minimum Gasteiger partial charge on any atom is -0.475 e. The fraction of sp³-hybridized carbons (Fsp3) is 0.889. The summed E-state index contributed by atoms with van der Waals surface area (Å²) in [6.07, 6.45) is -2.26. The van der Waals surface area contributed by atoms with Crippen LogP contribution in [0.3, 0.4) is 0 Å². The molecule has 2 unspecified atom stereocenters. The fourth-order valence-corrected chi connectivity index (χ4v) is 2.00. The van der Waals surface area contributed by atoms with Crippen molar-refractivity contribution < 1.29 is 23.1 Å². The highest BCUT2D eigenvalue weighted by Gasteiger charge is 2.38. The first-order valence-corrected chi connectivity index (χ1v) is 5.05.